The lowest BCUT2D eigenvalue weighted by Gasteiger charge is -2.18. The fraction of sp³-hybridized carbons (Fsp3) is 0.240. The molecule has 2 aliphatic heterocycles. The first-order chi connectivity index (χ1) is 16.9. The number of nitrogens with one attached hydrogen (secondary N) is 2. The quantitative estimate of drug-likeness (QED) is 0.467. The third-order valence-corrected chi connectivity index (χ3v) is 6.64. The standard InChI is InChI=1S/C25H23FN8S/c1-4-35-33-24-21-23(29-15(2)25(21,3)14-27)30-22(31-24)19-12-20(18-10-7-11-28-18)34(32-19)13-16-8-5-6-9-17(16)26/h5-10,12H,2,4,11,13H2,1,3H3,(H2,29,30,31,33). The molecule has 0 fully saturated rings. The molecule has 8 nitrogen and oxygen atoms in total. The van der Waals surface area contributed by atoms with Crippen molar-refractivity contribution in [2.45, 2.75) is 25.8 Å². The first kappa shape index (κ1) is 22.8. The van der Waals surface area contributed by atoms with E-state index in [0.717, 1.165) is 17.2 Å². The number of benzene rings is 1. The molecule has 2 N–H and O–H groups in total. The van der Waals surface area contributed by atoms with Crippen molar-refractivity contribution in [3.63, 3.8) is 0 Å². The lowest BCUT2D eigenvalue weighted by Crippen LogP contribution is -2.20. The van der Waals surface area contributed by atoms with Gasteiger partial charge in [0.05, 0.1) is 36.1 Å². The Morgan fingerprint density at radius 2 is 2.17 bits per heavy atom. The number of hydrogen-bond acceptors (Lipinski definition) is 8. The van der Waals surface area contributed by atoms with Crippen molar-refractivity contribution in [1.29, 1.82) is 5.26 Å². The second kappa shape index (κ2) is 9.00. The van der Waals surface area contributed by atoms with Crippen LogP contribution in [-0.4, -0.2) is 37.8 Å². The highest BCUT2D eigenvalue weighted by Gasteiger charge is 2.43. The molecule has 176 valence electrons. The Morgan fingerprint density at radius 1 is 1.34 bits per heavy atom. The number of halogens is 1. The maximum atomic E-state index is 14.4. The highest BCUT2D eigenvalue weighted by molar-refractivity contribution is 8.00. The molecule has 2 aromatic heterocycles. The molecule has 0 spiro atoms. The summed E-state index contributed by atoms with van der Waals surface area (Å²) in [7, 11) is 0. The van der Waals surface area contributed by atoms with E-state index < -0.39 is 5.41 Å². The molecule has 2 aliphatic rings. The molecule has 35 heavy (non-hydrogen) atoms. The number of fused-ring (bicyclic) bond motifs is 1. The normalized spacial score (nSPS) is 18.2. The molecule has 1 aromatic carbocycles. The predicted octanol–water partition coefficient (Wildman–Crippen LogP) is 4.69. The van der Waals surface area contributed by atoms with E-state index in [9.17, 15) is 9.65 Å². The van der Waals surface area contributed by atoms with Gasteiger partial charge in [-0.3, -0.25) is 9.67 Å². The van der Waals surface area contributed by atoms with E-state index in [0.29, 0.717) is 46.5 Å². The van der Waals surface area contributed by atoms with Crippen molar-refractivity contribution < 1.29 is 4.39 Å². The second-order valence-corrected chi connectivity index (χ2v) is 9.36. The van der Waals surface area contributed by atoms with E-state index in [2.05, 4.69) is 27.7 Å². The third-order valence-electron chi connectivity index (χ3n) is 6.01. The molecule has 0 saturated heterocycles. The Balaban J connectivity index is 1.63. The van der Waals surface area contributed by atoms with Crippen LogP contribution in [0.3, 0.4) is 0 Å². The van der Waals surface area contributed by atoms with Gasteiger partial charge in [0.1, 0.15) is 28.6 Å². The summed E-state index contributed by atoms with van der Waals surface area (Å²) in [4.78, 5) is 14.0. The highest BCUT2D eigenvalue weighted by Crippen LogP contribution is 2.46. The zero-order chi connectivity index (χ0) is 24.6. The van der Waals surface area contributed by atoms with Gasteiger partial charge in [0, 0.05) is 17.0 Å². The van der Waals surface area contributed by atoms with Crippen LogP contribution < -0.4 is 10.0 Å². The van der Waals surface area contributed by atoms with Gasteiger partial charge >= 0.3 is 0 Å². The Bertz CT molecular complexity index is 1430. The van der Waals surface area contributed by atoms with Crippen LogP contribution in [0.4, 0.5) is 16.0 Å². The first-order valence-corrected chi connectivity index (χ1v) is 12.1. The van der Waals surface area contributed by atoms with Crippen molar-refractivity contribution in [1.82, 2.24) is 19.7 Å². The van der Waals surface area contributed by atoms with Crippen LogP contribution in [-0.2, 0) is 12.0 Å². The van der Waals surface area contributed by atoms with Crippen LogP contribution in [0.1, 0.15) is 30.7 Å². The summed E-state index contributed by atoms with van der Waals surface area (Å²) in [5.74, 6) is 1.94. The molecule has 1 unspecified atom stereocenters. The topological polar surface area (TPSA) is 104 Å². The number of anilines is 2. The van der Waals surface area contributed by atoms with Crippen LogP contribution in [0.15, 0.2) is 59.8 Å². The Hall–Kier alpha value is -3.97. The van der Waals surface area contributed by atoms with Gasteiger partial charge in [-0.05, 0) is 25.1 Å². The minimum Gasteiger partial charge on any atom is -0.342 e. The molecule has 10 heteroatoms. The molecule has 4 heterocycles. The summed E-state index contributed by atoms with van der Waals surface area (Å²) in [6, 6.07) is 10.8. The highest BCUT2D eigenvalue weighted by atomic mass is 32.2. The maximum absolute atomic E-state index is 14.4. The predicted molar refractivity (Wildman–Crippen MR) is 137 cm³/mol. The van der Waals surface area contributed by atoms with Gasteiger partial charge in [-0.2, -0.15) is 10.4 Å². The minimum atomic E-state index is -0.969. The third kappa shape index (κ3) is 3.98. The van der Waals surface area contributed by atoms with E-state index in [1.54, 1.807) is 29.8 Å². The van der Waals surface area contributed by atoms with Crippen LogP contribution in [0.5, 0.6) is 0 Å². The smallest absolute Gasteiger partial charge is 0.184 e. The first-order valence-electron chi connectivity index (χ1n) is 11.2. The average molecular weight is 487 g/mol. The molecule has 3 aromatic rings. The monoisotopic (exact) mass is 486 g/mol. The molecule has 0 aliphatic carbocycles. The Labute approximate surface area is 206 Å². The molecule has 5 rings (SSSR count). The number of allylic oxidation sites excluding steroid dienone is 2. The van der Waals surface area contributed by atoms with Crippen molar-refractivity contribution in [3.05, 3.63) is 77.4 Å². The van der Waals surface area contributed by atoms with Crippen molar-refractivity contribution in [2.75, 3.05) is 22.3 Å². The summed E-state index contributed by atoms with van der Waals surface area (Å²) < 4.78 is 19.4. The summed E-state index contributed by atoms with van der Waals surface area (Å²) in [5, 5.41) is 17.8. The number of nitrogens with zero attached hydrogens (tertiary/aromatic N) is 6. The zero-order valence-corrected chi connectivity index (χ0v) is 20.2. The maximum Gasteiger partial charge on any atom is 0.184 e. The molecule has 0 bridgehead atoms. The Morgan fingerprint density at radius 3 is 2.89 bits per heavy atom. The number of aliphatic imine (C=N–C) groups is 1. The lowest BCUT2D eigenvalue weighted by molar-refractivity contribution is 0.584. The summed E-state index contributed by atoms with van der Waals surface area (Å²) in [6.07, 6.45) is 3.89. The summed E-state index contributed by atoms with van der Waals surface area (Å²) in [6.45, 7) is 8.67. The number of nitriles is 1. The lowest BCUT2D eigenvalue weighted by atomic mass is 9.84. The fourth-order valence-electron chi connectivity index (χ4n) is 4.07. The van der Waals surface area contributed by atoms with Gasteiger partial charge in [-0.15, -0.1) is 0 Å². The van der Waals surface area contributed by atoms with E-state index in [4.69, 9.17) is 15.1 Å². The van der Waals surface area contributed by atoms with Gasteiger partial charge in [-0.25, -0.2) is 14.4 Å². The summed E-state index contributed by atoms with van der Waals surface area (Å²) >= 11 is 1.47. The minimum absolute atomic E-state index is 0.234. The molecule has 0 saturated carbocycles. The average Bonchev–Trinajstić information content (AvgIpc) is 3.58. The second-order valence-electron chi connectivity index (χ2n) is 8.29. The molecular formula is C25H23FN8S. The van der Waals surface area contributed by atoms with Crippen molar-refractivity contribution in [3.8, 4) is 17.6 Å². The van der Waals surface area contributed by atoms with Gasteiger partial charge < -0.3 is 10.0 Å². The van der Waals surface area contributed by atoms with Gasteiger partial charge in [0.25, 0.3) is 0 Å². The molecule has 0 radical (unpaired) electrons. The fourth-order valence-corrected chi connectivity index (χ4v) is 4.50. The van der Waals surface area contributed by atoms with Gasteiger partial charge in [0.2, 0.25) is 0 Å². The van der Waals surface area contributed by atoms with E-state index in [-0.39, 0.29) is 12.4 Å². The van der Waals surface area contributed by atoms with Crippen LogP contribution in [0.2, 0.25) is 0 Å². The van der Waals surface area contributed by atoms with E-state index in [1.165, 1.54) is 18.0 Å². The van der Waals surface area contributed by atoms with E-state index >= 15 is 0 Å². The largest absolute Gasteiger partial charge is 0.342 e. The SMILES string of the molecule is C=C1Nc2nc(-c3cc(C4=NCC=C4)n(Cc4ccccc4F)n3)nc(NSCC)c2C1(C)C#N. The molecule has 1 atom stereocenters. The van der Waals surface area contributed by atoms with E-state index in [1.807, 2.05) is 25.1 Å². The van der Waals surface area contributed by atoms with Crippen LogP contribution in [0, 0.1) is 17.1 Å². The van der Waals surface area contributed by atoms with Crippen LogP contribution >= 0.6 is 11.9 Å². The van der Waals surface area contributed by atoms with Crippen LogP contribution in [0.25, 0.3) is 11.5 Å². The summed E-state index contributed by atoms with van der Waals surface area (Å²) in [5.41, 5.74) is 2.78. The van der Waals surface area contributed by atoms with Gasteiger partial charge in [-0.1, -0.05) is 49.7 Å². The van der Waals surface area contributed by atoms with Crippen molar-refractivity contribution in [2.24, 2.45) is 4.99 Å². The van der Waals surface area contributed by atoms with Crippen molar-refractivity contribution >= 4 is 29.3 Å². The number of hydrogen-bond donors (Lipinski definition) is 2. The molecule has 0 amide bonds. The number of rotatable bonds is 7. The number of aromatic nitrogens is 4. The zero-order valence-electron chi connectivity index (χ0n) is 19.3. The van der Waals surface area contributed by atoms with Gasteiger partial charge in [0.15, 0.2) is 5.82 Å². The molecular weight excluding hydrogens is 463 g/mol. The Kier molecular flexibility index (Phi) is 5.86.